The van der Waals surface area contributed by atoms with Crippen molar-refractivity contribution in [1.29, 1.82) is 0 Å². The Morgan fingerprint density at radius 1 is 1.18 bits per heavy atom. The van der Waals surface area contributed by atoms with Gasteiger partial charge in [0, 0.05) is 42.0 Å². The van der Waals surface area contributed by atoms with Crippen LogP contribution in [0.2, 0.25) is 5.02 Å². The van der Waals surface area contributed by atoms with Gasteiger partial charge in [0.05, 0.1) is 16.1 Å². The van der Waals surface area contributed by atoms with Crippen LogP contribution in [0.4, 0.5) is 4.39 Å². The molecule has 6 rings (SSSR count). The molecule has 1 N–H and O–H groups in total. The van der Waals surface area contributed by atoms with Crippen molar-refractivity contribution in [2.24, 2.45) is 0 Å². The van der Waals surface area contributed by atoms with E-state index in [9.17, 15) is 9.18 Å². The van der Waals surface area contributed by atoms with Crippen molar-refractivity contribution in [2.75, 3.05) is 13.1 Å². The third-order valence-corrected chi connectivity index (χ3v) is 8.86. The van der Waals surface area contributed by atoms with Gasteiger partial charge in [0.2, 0.25) is 5.01 Å². The molecule has 40 heavy (non-hydrogen) atoms. The number of thiazole rings is 1. The third kappa shape index (κ3) is 5.05. The van der Waals surface area contributed by atoms with Crippen LogP contribution in [0, 0.1) is 12.7 Å². The average molecular weight is 580 g/mol. The summed E-state index contributed by atoms with van der Waals surface area (Å²) in [6.45, 7) is 6.30. The number of carboxylic acids is 1. The molecule has 10 heteroatoms. The highest BCUT2D eigenvalue weighted by Gasteiger charge is 2.43. The van der Waals surface area contributed by atoms with E-state index in [-0.39, 0.29) is 5.01 Å². The molecule has 2 aliphatic rings. The first-order chi connectivity index (χ1) is 19.2. The first-order valence-electron chi connectivity index (χ1n) is 13.0. The number of carbonyl (C=O) groups is 1. The number of hydrogen-bond donors (Lipinski definition) is 1. The van der Waals surface area contributed by atoms with Crippen LogP contribution in [-0.4, -0.2) is 39.0 Å². The SMILES string of the molecule is Cc1cc(-c2cnc(C(=O)O)s2)cnc1CN1CCC(c2cccc3c2OC(C)(c2ccc(Cl)cc2F)O3)CC1. The van der Waals surface area contributed by atoms with Gasteiger partial charge in [0.25, 0.3) is 5.79 Å². The minimum absolute atomic E-state index is 0.0717. The maximum atomic E-state index is 14.7. The quantitative estimate of drug-likeness (QED) is 0.262. The fraction of sp³-hybridized carbons (Fsp3) is 0.300. The number of para-hydroxylation sites is 1. The van der Waals surface area contributed by atoms with E-state index in [0.29, 0.717) is 28.0 Å². The number of aryl methyl sites for hydroxylation is 1. The Labute approximate surface area is 240 Å². The number of rotatable bonds is 6. The summed E-state index contributed by atoms with van der Waals surface area (Å²) in [5, 5.41) is 9.54. The lowest BCUT2D eigenvalue weighted by atomic mass is 9.88. The van der Waals surface area contributed by atoms with E-state index in [1.165, 1.54) is 6.07 Å². The van der Waals surface area contributed by atoms with Gasteiger partial charge in [-0.05, 0) is 74.7 Å². The van der Waals surface area contributed by atoms with Crippen LogP contribution in [0.5, 0.6) is 11.5 Å². The second kappa shape index (κ2) is 10.5. The summed E-state index contributed by atoms with van der Waals surface area (Å²) in [4.78, 5) is 23.0. The van der Waals surface area contributed by atoms with Gasteiger partial charge in [-0.3, -0.25) is 9.88 Å². The molecule has 0 saturated carbocycles. The van der Waals surface area contributed by atoms with E-state index >= 15 is 0 Å². The Bertz CT molecular complexity index is 1600. The minimum atomic E-state index is -1.27. The van der Waals surface area contributed by atoms with Crippen molar-refractivity contribution in [3.05, 3.63) is 93.1 Å². The van der Waals surface area contributed by atoms with E-state index in [1.807, 2.05) is 25.1 Å². The van der Waals surface area contributed by atoms with Gasteiger partial charge in [-0.25, -0.2) is 14.2 Å². The molecule has 0 spiro atoms. The number of piperidine rings is 1. The molecule has 7 nitrogen and oxygen atoms in total. The second-order valence-electron chi connectivity index (χ2n) is 10.3. The lowest BCUT2D eigenvalue weighted by Gasteiger charge is -2.32. The van der Waals surface area contributed by atoms with Gasteiger partial charge in [-0.2, -0.15) is 0 Å². The number of carboxylic acid groups (broad SMARTS) is 1. The maximum Gasteiger partial charge on any atom is 0.365 e. The number of nitrogens with zero attached hydrogens (tertiary/aromatic N) is 3. The minimum Gasteiger partial charge on any atom is -0.476 e. The first kappa shape index (κ1) is 26.7. The molecule has 1 saturated heterocycles. The zero-order valence-electron chi connectivity index (χ0n) is 22.0. The van der Waals surface area contributed by atoms with Crippen LogP contribution in [0.15, 0.2) is 54.9 Å². The van der Waals surface area contributed by atoms with Crippen molar-refractivity contribution < 1.29 is 23.8 Å². The molecule has 206 valence electrons. The normalized spacial score (nSPS) is 19.2. The van der Waals surface area contributed by atoms with E-state index in [2.05, 4.69) is 16.0 Å². The van der Waals surface area contributed by atoms with E-state index in [1.54, 1.807) is 31.5 Å². The molecule has 0 aliphatic carbocycles. The highest BCUT2D eigenvalue weighted by molar-refractivity contribution is 7.16. The van der Waals surface area contributed by atoms with Gasteiger partial charge in [0.15, 0.2) is 11.5 Å². The largest absolute Gasteiger partial charge is 0.476 e. The predicted molar refractivity (Wildman–Crippen MR) is 151 cm³/mol. The van der Waals surface area contributed by atoms with Gasteiger partial charge in [0.1, 0.15) is 5.82 Å². The molecule has 4 aromatic rings. The molecule has 2 aliphatic heterocycles. The topological polar surface area (TPSA) is 84.8 Å². The summed E-state index contributed by atoms with van der Waals surface area (Å²) in [7, 11) is 0. The molecule has 1 fully saturated rings. The van der Waals surface area contributed by atoms with Gasteiger partial charge in [-0.1, -0.05) is 23.7 Å². The summed E-state index contributed by atoms with van der Waals surface area (Å²) in [6, 6.07) is 12.5. The Morgan fingerprint density at radius 2 is 1.98 bits per heavy atom. The van der Waals surface area contributed by atoms with Crippen LogP contribution >= 0.6 is 22.9 Å². The fourth-order valence-electron chi connectivity index (χ4n) is 5.46. The molecule has 0 amide bonds. The fourth-order valence-corrected chi connectivity index (χ4v) is 6.36. The molecule has 0 bridgehead atoms. The number of halogens is 2. The van der Waals surface area contributed by atoms with Gasteiger partial charge < -0.3 is 14.6 Å². The predicted octanol–water partition coefficient (Wildman–Crippen LogP) is 7.03. The number of likely N-dealkylation sites (tertiary alicyclic amines) is 1. The molecule has 2 aromatic carbocycles. The average Bonchev–Trinajstić information content (AvgIpc) is 3.55. The van der Waals surface area contributed by atoms with Crippen molar-refractivity contribution in [3.63, 3.8) is 0 Å². The number of hydrogen-bond acceptors (Lipinski definition) is 7. The van der Waals surface area contributed by atoms with Crippen LogP contribution in [0.25, 0.3) is 10.4 Å². The highest BCUT2D eigenvalue weighted by Crippen LogP contribution is 2.49. The Morgan fingerprint density at radius 3 is 2.67 bits per heavy atom. The second-order valence-corrected chi connectivity index (χ2v) is 11.8. The number of benzene rings is 2. The van der Waals surface area contributed by atoms with Crippen LogP contribution in [0.1, 0.15) is 57.9 Å². The van der Waals surface area contributed by atoms with Crippen molar-refractivity contribution in [3.8, 4) is 21.9 Å². The lowest BCUT2D eigenvalue weighted by molar-refractivity contribution is -0.0712. The summed E-state index contributed by atoms with van der Waals surface area (Å²) in [5.74, 6) is -1.17. The van der Waals surface area contributed by atoms with Gasteiger partial charge in [-0.15, -0.1) is 11.3 Å². The molecule has 4 heterocycles. The number of aromatic nitrogens is 2. The Balaban J connectivity index is 1.12. The third-order valence-electron chi connectivity index (χ3n) is 7.59. The van der Waals surface area contributed by atoms with Crippen LogP contribution in [0.3, 0.4) is 0 Å². The van der Waals surface area contributed by atoms with E-state index in [4.69, 9.17) is 31.2 Å². The molecular weight excluding hydrogens is 553 g/mol. The van der Waals surface area contributed by atoms with Crippen molar-refractivity contribution >= 4 is 28.9 Å². The zero-order valence-corrected chi connectivity index (χ0v) is 23.6. The standard InChI is InChI=1S/C30H27ClFN3O4S/c1-17-12-19(26-15-34-28(40-26)29(36)37)14-33-24(17)16-35-10-8-18(9-11-35)21-4-3-5-25-27(21)39-30(2,38-25)22-7-6-20(31)13-23(22)32/h3-7,12-15,18H,8-11,16H2,1-2H3,(H,36,37). The van der Waals surface area contributed by atoms with Gasteiger partial charge >= 0.3 is 5.97 Å². The van der Waals surface area contributed by atoms with Crippen LogP contribution < -0.4 is 9.47 Å². The molecular formula is C30H27ClFN3O4S. The van der Waals surface area contributed by atoms with Crippen molar-refractivity contribution in [2.45, 2.75) is 44.9 Å². The number of fused-ring (bicyclic) bond motifs is 1. The monoisotopic (exact) mass is 579 g/mol. The summed E-state index contributed by atoms with van der Waals surface area (Å²) in [6.07, 6.45) is 5.27. The first-order valence-corrected chi connectivity index (χ1v) is 14.2. The smallest absolute Gasteiger partial charge is 0.365 e. The molecule has 1 atom stereocenters. The number of pyridine rings is 1. The summed E-state index contributed by atoms with van der Waals surface area (Å²) < 4.78 is 27.2. The number of ether oxygens (including phenoxy) is 2. The summed E-state index contributed by atoms with van der Waals surface area (Å²) in [5.41, 5.74) is 4.32. The zero-order chi connectivity index (χ0) is 28.0. The lowest BCUT2D eigenvalue weighted by Crippen LogP contribution is -2.34. The Hall–Kier alpha value is -3.53. The number of aromatic carboxylic acids is 1. The molecule has 0 radical (unpaired) electrons. The molecule has 2 aromatic heterocycles. The van der Waals surface area contributed by atoms with E-state index in [0.717, 1.165) is 71.1 Å². The van der Waals surface area contributed by atoms with Crippen LogP contribution in [-0.2, 0) is 12.3 Å². The maximum absolute atomic E-state index is 14.7. The Kier molecular flexibility index (Phi) is 6.98. The van der Waals surface area contributed by atoms with E-state index < -0.39 is 17.6 Å². The molecule has 1 unspecified atom stereocenters. The highest BCUT2D eigenvalue weighted by atomic mass is 35.5. The summed E-state index contributed by atoms with van der Waals surface area (Å²) >= 11 is 7.10. The van der Waals surface area contributed by atoms with Crippen molar-refractivity contribution in [1.82, 2.24) is 14.9 Å².